The second-order valence-electron chi connectivity index (χ2n) is 8.88. The highest BCUT2D eigenvalue weighted by Gasteiger charge is 2.35. The van der Waals surface area contributed by atoms with Gasteiger partial charge in [-0.1, -0.05) is 61.3 Å². The van der Waals surface area contributed by atoms with E-state index in [0.29, 0.717) is 33.1 Å². The molecule has 1 amide bonds. The average Bonchev–Trinajstić information content (AvgIpc) is 3.19. The van der Waals surface area contributed by atoms with Gasteiger partial charge in [-0.2, -0.15) is 5.10 Å². The van der Waals surface area contributed by atoms with Crippen LogP contribution < -0.4 is 10.3 Å². The number of aromatic carboxylic acids is 1. The minimum Gasteiger partial charge on any atom is -0.505 e. The molecule has 4 aromatic carbocycles. The number of carboxylic acids is 1. The number of anilines is 3. The maximum absolute atomic E-state index is 13.6. The van der Waals surface area contributed by atoms with E-state index in [1.165, 1.54) is 17.7 Å². The van der Waals surface area contributed by atoms with E-state index in [4.69, 9.17) is 11.6 Å². The van der Waals surface area contributed by atoms with Crippen molar-refractivity contribution in [3.63, 3.8) is 0 Å². The van der Waals surface area contributed by atoms with Crippen molar-refractivity contribution in [2.75, 3.05) is 10.3 Å². The van der Waals surface area contributed by atoms with Crippen LogP contribution in [0.4, 0.5) is 17.1 Å². The van der Waals surface area contributed by atoms with E-state index >= 15 is 0 Å². The Balaban J connectivity index is 1.49. The van der Waals surface area contributed by atoms with Crippen LogP contribution in [0.25, 0.3) is 11.1 Å². The molecule has 0 saturated carbocycles. The van der Waals surface area contributed by atoms with Crippen LogP contribution in [0, 0.1) is 0 Å². The fourth-order valence-corrected chi connectivity index (χ4v) is 4.65. The fourth-order valence-electron chi connectivity index (χ4n) is 4.49. The minimum absolute atomic E-state index is 0.107. The Kier molecular flexibility index (Phi) is 6.85. The first kappa shape index (κ1) is 25.0. The van der Waals surface area contributed by atoms with Gasteiger partial charge in [-0.05, 0) is 66.1 Å². The van der Waals surface area contributed by atoms with Crippen LogP contribution in [0.1, 0.15) is 34.8 Å². The van der Waals surface area contributed by atoms with Crippen molar-refractivity contribution in [3.8, 4) is 16.9 Å². The van der Waals surface area contributed by atoms with Crippen molar-refractivity contribution >= 4 is 46.3 Å². The quantitative estimate of drug-likeness (QED) is 0.181. The third-order valence-corrected chi connectivity index (χ3v) is 6.57. The highest BCUT2D eigenvalue weighted by atomic mass is 35.5. The number of amides is 1. The van der Waals surface area contributed by atoms with E-state index in [9.17, 15) is 19.8 Å². The lowest BCUT2D eigenvalue weighted by molar-refractivity contribution is -0.111. The number of fused-ring (bicyclic) bond motifs is 1. The number of aryl methyl sites for hydroxylation is 1. The molecule has 1 heterocycles. The molecule has 38 heavy (non-hydrogen) atoms. The first-order valence-corrected chi connectivity index (χ1v) is 12.5. The predicted molar refractivity (Wildman–Crippen MR) is 150 cm³/mol. The van der Waals surface area contributed by atoms with Gasteiger partial charge < -0.3 is 10.2 Å². The monoisotopic (exact) mass is 525 g/mol. The Morgan fingerprint density at radius 1 is 0.974 bits per heavy atom. The van der Waals surface area contributed by atoms with Crippen LogP contribution in [-0.2, 0) is 11.2 Å². The van der Waals surface area contributed by atoms with Gasteiger partial charge in [0.2, 0.25) is 0 Å². The molecule has 4 aromatic rings. The Hall–Kier alpha value is -4.62. The maximum Gasteiger partial charge on any atom is 0.335 e. The zero-order valence-corrected chi connectivity index (χ0v) is 21.2. The number of hydrogen-bond acceptors (Lipinski definition) is 5. The molecule has 0 spiro atoms. The number of carbonyl (C=O) groups excluding carboxylic acids is 1. The van der Waals surface area contributed by atoms with Crippen molar-refractivity contribution in [1.82, 2.24) is 0 Å². The number of aromatic hydroxyl groups is 1. The molecule has 0 unspecified atom stereocenters. The van der Waals surface area contributed by atoms with E-state index < -0.39 is 5.97 Å². The maximum atomic E-state index is 13.6. The molecule has 0 aromatic heterocycles. The molecule has 0 bridgehead atoms. The summed E-state index contributed by atoms with van der Waals surface area (Å²) in [6, 6.07) is 24.3. The molecule has 0 radical (unpaired) electrons. The summed E-state index contributed by atoms with van der Waals surface area (Å²) in [7, 11) is 0. The fraction of sp³-hybridized carbons (Fsp3) is 0.100. The highest BCUT2D eigenvalue weighted by Crippen LogP contribution is 2.39. The summed E-state index contributed by atoms with van der Waals surface area (Å²) >= 11 is 6.27. The van der Waals surface area contributed by atoms with Gasteiger partial charge in [-0.15, -0.1) is 0 Å². The Morgan fingerprint density at radius 2 is 1.74 bits per heavy atom. The molecule has 0 saturated heterocycles. The summed E-state index contributed by atoms with van der Waals surface area (Å²) in [5.41, 5.74) is 7.45. The third kappa shape index (κ3) is 4.71. The van der Waals surface area contributed by atoms with E-state index in [1.54, 1.807) is 53.4 Å². The number of phenols is 1. The van der Waals surface area contributed by atoms with Crippen LogP contribution in [0.3, 0.4) is 0 Å². The Labute approximate surface area is 224 Å². The normalized spacial score (nSPS) is 13.6. The van der Waals surface area contributed by atoms with Gasteiger partial charge >= 0.3 is 5.97 Å². The van der Waals surface area contributed by atoms with Crippen molar-refractivity contribution < 1.29 is 19.8 Å². The average molecular weight is 526 g/mol. The molecule has 3 N–H and O–H groups in total. The standard InChI is InChI=1S/C30H24ClN3O4/c1-2-5-18-10-13-22(14-11-18)34-26-17-21(31)12-15-24(26)27(29(34)36)33-32-25-9-4-8-23(28(25)35)19-6-3-7-20(16-19)30(37)38/h3-4,6-17,32,35H,2,5H2,1H3,(H,37,38)/b33-27-. The van der Waals surface area contributed by atoms with Crippen LogP contribution in [0.15, 0.2) is 90.0 Å². The van der Waals surface area contributed by atoms with Gasteiger partial charge in [0.1, 0.15) is 5.75 Å². The highest BCUT2D eigenvalue weighted by molar-refractivity contribution is 6.56. The third-order valence-electron chi connectivity index (χ3n) is 6.34. The van der Waals surface area contributed by atoms with Crippen molar-refractivity contribution in [2.45, 2.75) is 19.8 Å². The molecule has 0 atom stereocenters. The number of carboxylic acid groups (broad SMARTS) is 1. The summed E-state index contributed by atoms with van der Waals surface area (Å²) in [5.74, 6) is -1.51. The number of phenolic OH excluding ortho intramolecular Hbond substituents is 1. The lowest BCUT2D eigenvalue weighted by Crippen LogP contribution is -2.26. The first-order chi connectivity index (χ1) is 18.4. The summed E-state index contributed by atoms with van der Waals surface area (Å²) in [5, 5.41) is 25.1. The van der Waals surface area contributed by atoms with Crippen molar-refractivity contribution in [3.05, 3.63) is 107 Å². The number of nitrogens with one attached hydrogen (secondary N) is 1. The van der Waals surface area contributed by atoms with E-state index in [-0.39, 0.29) is 28.6 Å². The predicted octanol–water partition coefficient (Wildman–Crippen LogP) is 6.86. The number of carbonyl (C=O) groups is 2. The van der Waals surface area contributed by atoms with Gasteiger partial charge in [0.25, 0.3) is 5.91 Å². The molecule has 8 heteroatoms. The molecule has 0 fully saturated rings. The van der Waals surface area contributed by atoms with Gasteiger partial charge in [-0.25, -0.2) is 4.79 Å². The lowest BCUT2D eigenvalue weighted by Gasteiger charge is -2.17. The number of rotatable bonds is 7. The first-order valence-electron chi connectivity index (χ1n) is 12.1. The molecule has 1 aliphatic heterocycles. The SMILES string of the molecule is CCCc1ccc(N2C(=O)/C(=N\Nc3cccc(-c4cccc(C(=O)O)c4)c3O)c3ccc(Cl)cc32)cc1. The molecule has 7 nitrogen and oxygen atoms in total. The van der Waals surface area contributed by atoms with E-state index in [0.717, 1.165) is 12.8 Å². The molecule has 0 aliphatic carbocycles. The zero-order chi connectivity index (χ0) is 26.8. The number of nitrogens with zero attached hydrogens (tertiary/aromatic N) is 2. The number of halogens is 1. The van der Waals surface area contributed by atoms with Crippen LogP contribution in [-0.4, -0.2) is 27.8 Å². The van der Waals surface area contributed by atoms with Gasteiger partial charge in [0.05, 0.1) is 16.9 Å². The van der Waals surface area contributed by atoms with E-state index in [1.807, 2.05) is 24.3 Å². The second-order valence-corrected chi connectivity index (χ2v) is 9.31. The Morgan fingerprint density at radius 3 is 2.47 bits per heavy atom. The molecule has 190 valence electrons. The van der Waals surface area contributed by atoms with E-state index in [2.05, 4.69) is 17.5 Å². The van der Waals surface area contributed by atoms with Crippen LogP contribution in [0.5, 0.6) is 5.75 Å². The number of para-hydroxylation sites is 1. The van der Waals surface area contributed by atoms with Crippen LogP contribution in [0.2, 0.25) is 5.02 Å². The minimum atomic E-state index is -1.06. The topological polar surface area (TPSA) is 102 Å². The van der Waals surface area contributed by atoms with Crippen LogP contribution >= 0.6 is 11.6 Å². The number of benzene rings is 4. The zero-order valence-electron chi connectivity index (χ0n) is 20.5. The largest absolute Gasteiger partial charge is 0.505 e. The Bertz CT molecular complexity index is 1580. The van der Waals surface area contributed by atoms with Gasteiger partial charge in [0, 0.05) is 21.8 Å². The van der Waals surface area contributed by atoms with Gasteiger partial charge in [-0.3, -0.25) is 15.1 Å². The molecule has 5 rings (SSSR count). The summed E-state index contributed by atoms with van der Waals surface area (Å²) in [6.45, 7) is 2.12. The number of hydrazone groups is 1. The summed E-state index contributed by atoms with van der Waals surface area (Å²) in [6.07, 6.45) is 1.98. The second kappa shape index (κ2) is 10.4. The summed E-state index contributed by atoms with van der Waals surface area (Å²) < 4.78 is 0. The summed E-state index contributed by atoms with van der Waals surface area (Å²) in [4.78, 5) is 26.5. The molecular weight excluding hydrogens is 502 g/mol. The van der Waals surface area contributed by atoms with Crippen molar-refractivity contribution in [2.24, 2.45) is 5.10 Å². The molecular formula is C30H24ClN3O4. The molecule has 1 aliphatic rings. The van der Waals surface area contributed by atoms with Gasteiger partial charge in [0.15, 0.2) is 5.71 Å². The lowest BCUT2D eigenvalue weighted by atomic mass is 10.0. The smallest absolute Gasteiger partial charge is 0.335 e. The number of hydrogen-bond donors (Lipinski definition) is 3. The van der Waals surface area contributed by atoms with Crippen molar-refractivity contribution in [1.29, 1.82) is 0 Å².